The van der Waals surface area contributed by atoms with Crippen molar-refractivity contribution in [1.29, 1.82) is 0 Å². The number of benzene rings is 1. The predicted molar refractivity (Wildman–Crippen MR) is 66.9 cm³/mol. The van der Waals surface area contributed by atoms with Gasteiger partial charge in [-0.2, -0.15) is 0 Å². The molecular weight excluding hydrogens is 242 g/mol. The van der Waals surface area contributed by atoms with Crippen LogP contribution in [-0.2, 0) is 4.79 Å². The molecule has 0 unspecified atom stereocenters. The van der Waals surface area contributed by atoms with Gasteiger partial charge >= 0.3 is 0 Å². The number of nitrogen functional groups attached to an aromatic ring is 1. The van der Waals surface area contributed by atoms with E-state index in [0.29, 0.717) is 29.4 Å². The van der Waals surface area contributed by atoms with Crippen molar-refractivity contribution in [3.8, 4) is 0 Å². The Labute approximate surface area is 104 Å². The van der Waals surface area contributed by atoms with Crippen molar-refractivity contribution in [2.24, 2.45) is 0 Å². The number of amides is 2. The van der Waals surface area contributed by atoms with Crippen LogP contribution < -0.4 is 16.4 Å². The molecule has 0 radical (unpaired) electrons. The Hall–Kier alpha value is -1.75. The Morgan fingerprint density at radius 3 is 2.59 bits per heavy atom. The first-order valence-corrected chi connectivity index (χ1v) is 5.46. The largest absolute Gasteiger partial charge is 0.399 e. The minimum atomic E-state index is -0.312. The molecule has 0 aromatic heterocycles. The van der Waals surface area contributed by atoms with Gasteiger partial charge in [0, 0.05) is 25.7 Å². The lowest BCUT2D eigenvalue weighted by Gasteiger charge is -2.07. The van der Waals surface area contributed by atoms with Crippen molar-refractivity contribution in [3.63, 3.8) is 0 Å². The van der Waals surface area contributed by atoms with Crippen molar-refractivity contribution in [3.05, 3.63) is 28.8 Å². The second-order valence-electron chi connectivity index (χ2n) is 3.48. The highest BCUT2D eigenvalue weighted by Crippen LogP contribution is 2.18. The zero-order valence-electron chi connectivity index (χ0n) is 9.42. The van der Waals surface area contributed by atoms with Gasteiger partial charge in [0.15, 0.2) is 0 Å². The molecule has 0 aliphatic carbocycles. The molecule has 0 saturated carbocycles. The molecule has 1 aromatic rings. The third-order valence-electron chi connectivity index (χ3n) is 2.02. The molecule has 0 spiro atoms. The van der Waals surface area contributed by atoms with Crippen LogP contribution in [0.2, 0.25) is 5.02 Å². The average molecular weight is 256 g/mol. The third kappa shape index (κ3) is 4.32. The highest BCUT2D eigenvalue weighted by molar-refractivity contribution is 6.34. The Kier molecular flexibility index (Phi) is 4.78. The topological polar surface area (TPSA) is 84.2 Å². The van der Waals surface area contributed by atoms with Crippen molar-refractivity contribution in [1.82, 2.24) is 10.6 Å². The smallest absolute Gasteiger partial charge is 0.252 e. The molecule has 1 rings (SSSR count). The van der Waals surface area contributed by atoms with E-state index in [4.69, 9.17) is 17.3 Å². The zero-order chi connectivity index (χ0) is 12.8. The molecule has 1 aromatic carbocycles. The maximum Gasteiger partial charge on any atom is 0.252 e. The zero-order valence-corrected chi connectivity index (χ0v) is 10.2. The van der Waals surface area contributed by atoms with Crippen LogP contribution in [0.1, 0.15) is 17.3 Å². The number of carbonyl (C=O) groups excluding carboxylic acids is 2. The Bertz CT molecular complexity index is 435. The minimum Gasteiger partial charge on any atom is -0.399 e. The van der Waals surface area contributed by atoms with Gasteiger partial charge in [0.05, 0.1) is 10.6 Å². The Morgan fingerprint density at radius 2 is 1.94 bits per heavy atom. The number of nitrogens with two attached hydrogens (primary N) is 1. The number of halogens is 1. The highest BCUT2D eigenvalue weighted by Gasteiger charge is 2.09. The highest BCUT2D eigenvalue weighted by atomic mass is 35.5. The summed E-state index contributed by atoms with van der Waals surface area (Å²) in [6.45, 7) is 2.13. The predicted octanol–water partition coefficient (Wildman–Crippen LogP) is 0.788. The molecule has 5 nitrogen and oxygen atoms in total. The van der Waals surface area contributed by atoms with E-state index in [-0.39, 0.29) is 11.8 Å². The van der Waals surface area contributed by atoms with Gasteiger partial charge in [-0.05, 0) is 18.2 Å². The van der Waals surface area contributed by atoms with Crippen LogP contribution in [0.25, 0.3) is 0 Å². The van der Waals surface area contributed by atoms with E-state index in [9.17, 15) is 9.59 Å². The molecule has 0 bridgehead atoms. The second-order valence-corrected chi connectivity index (χ2v) is 3.89. The fourth-order valence-corrected chi connectivity index (χ4v) is 1.43. The van der Waals surface area contributed by atoms with Crippen molar-refractivity contribution < 1.29 is 9.59 Å². The molecule has 0 aliphatic rings. The summed E-state index contributed by atoms with van der Waals surface area (Å²) in [5, 5.41) is 5.54. The van der Waals surface area contributed by atoms with Crippen molar-refractivity contribution in [2.75, 3.05) is 18.8 Å². The number of carbonyl (C=O) groups is 2. The average Bonchev–Trinajstić information content (AvgIpc) is 2.27. The minimum absolute atomic E-state index is 0.138. The molecule has 0 fully saturated rings. The van der Waals surface area contributed by atoms with E-state index in [1.165, 1.54) is 13.0 Å². The number of rotatable bonds is 4. The maximum atomic E-state index is 11.7. The van der Waals surface area contributed by atoms with E-state index in [1.807, 2.05) is 0 Å². The number of hydrogen-bond acceptors (Lipinski definition) is 3. The first kappa shape index (κ1) is 13.3. The molecule has 0 aliphatic heterocycles. The fraction of sp³-hybridized carbons (Fsp3) is 0.273. The van der Waals surface area contributed by atoms with Crippen LogP contribution >= 0.6 is 11.6 Å². The molecule has 0 saturated heterocycles. The first-order chi connectivity index (χ1) is 8.00. The number of anilines is 1. The fourth-order valence-electron chi connectivity index (χ4n) is 1.23. The molecule has 17 heavy (non-hydrogen) atoms. The molecule has 6 heteroatoms. The van der Waals surface area contributed by atoms with Crippen LogP contribution in [0.15, 0.2) is 18.2 Å². The normalized spacial score (nSPS) is 9.76. The summed E-state index contributed by atoms with van der Waals surface area (Å²) in [5.41, 5.74) is 6.37. The Balaban J connectivity index is 2.52. The molecule has 0 heterocycles. The molecule has 2 amide bonds. The summed E-state index contributed by atoms with van der Waals surface area (Å²) in [4.78, 5) is 22.3. The number of hydrogen-bond donors (Lipinski definition) is 3. The molecule has 4 N–H and O–H groups in total. The molecule has 92 valence electrons. The lowest BCUT2D eigenvalue weighted by molar-refractivity contribution is -0.118. The lowest BCUT2D eigenvalue weighted by Crippen LogP contribution is -2.33. The molecular formula is C11H14ClN3O2. The third-order valence-corrected chi connectivity index (χ3v) is 2.35. The van der Waals surface area contributed by atoms with Crippen LogP contribution in [0.5, 0.6) is 0 Å². The summed E-state index contributed by atoms with van der Waals surface area (Å²) in [5.74, 6) is -0.450. The standard InChI is InChI=1S/C11H14ClN3O2/c1-7(16)14-4-5-15-11(17)9-6-8(13)2-3-10(9)12/h2-3,6H,4-5,13H2,1H3,(H,14,16)(H,15,17). The van der Waals surface area contributed by atoms with Gasteiger partial charge in [-0.1, -0.05) is 11.6 Å². The number of nitrogens with one attached hydrogen (secondary N) is 2. The van der Waals surface area contributed by atoms with Gasteiger partial charge in [0.1, 0.15) is 0 Å². The summed E-state index contributed by atoms with van der Waals surface area (Å²) in [6, 6.07) is 4.70. The maximum absolute atomic E-state index is 11.7. The van der Waals surface area contributed by atoms with Crippen LogP contribution in [0.4, 0.5) is 5.69 Å². The monoisotopic (exact) mass is 255 g/mol. The van der Waals surface area contributed by atoms with Gasteiger partial charge in [-0.15, -0.1) is 0 Å². The second kappa shape index (κ2) is 6.10. The van der Waals surface area contributed by atoms with Gasteiger partial charge in [-0.25, -0.2) is 0 Å². The summed E-state index contributed by atoms with van der Waals surface area (Å²) < 4.78 is 0. The van der Waals surface area contributed by atoms with Gasteiger partial charge < -0.3 is 16.4 Å². The van der Waals surface area contributed by atoms with E-state index in [1.54, 1.807) is 12.1 Å². The van der Waals surface area contributed by atoms with Gasteiger partial charge in [0.25, 0.3) is 5.91 Å². The van der Waals surface area contributed by atoms with E-state index in [2.05, 4.69) is 10.6 Å². The van der Waals surface area contributed by atoms with Crippen LogP contribution in [-0.4, -0.2) is 24.9 Å². The van der Waals surface area contributed by atoms with Gasteiger partial charge in [0.2, 0.25) is 5.91 Å². The van der Waals surface area contributed by atoms with E-state index < -0.39 is 0 Å². The van der Waals surface area contributed by atoms with Crippen molar-refractivity contribution >= 4 is 29.1 Å². The van der Waals surface area contributed by atoms with Crippen LogP contribution in [0.3, 0.4) is 0 Å². The summed E-state index contributed by atoms with van der Waals surface area (Å²) in [7, 11) is 0. The Morgan fingerprint density at radius 1 is 1.29 bits per heavy atom. The van der Waals surface area contributed by atoms with Gasteiger partial charge in [-0.3, -0.25) is 9.59 Å². The summed E-state index contributed by atoms with van der Waals surface area (Å²) >= 11 is 5.87. The first-order valence-electron chi connectivity index (χ1n) is 5.08. The summed E-state index contributed by atoms with van der Waals surface area (Å²) in [6.07, 6.45) is 0. The van der Waals surface area contributed by atoms with Crippen molar-refractivity contribution in [2.45, 2.75) is 6.92 Å². The molecule has 0 atom stereocenters. The lowest BCUT2D eigenvalue weighted by atomic mass is 10.2. The van der Waals surface area contributed by atoms with E-state index >= 15 is 0 Å². The van der Waals surface area contributed by atoms with Crippen LogP contribution in [0, 0.1) is 0 Å². The SMILES string of the molecule is CC(=O)NCCNC(=O)c1cc(N)ccc1Cl. The quantitative estimate of drug-likeness (QED) is 0.549. The van der Waals surface area contributed by atoms with E-state index in [0.717, 1.165) is 0 Å².